The molecule has 3 N–H and O–H groups in total. The summed E-state index contributed by atoms with van der Waals surface area (Å²) in [5.74, 6) is -0.167. The van der Waals surface area contributed by atoms with Crippen LogP contribution in [0.15, 0.2) is 23.7 Å². The van der Waals surface area contributed by atoms with Crippen LogP contribution >= 0.6 is 11.3 Å². The molecule has 2 rings (SSSR count). The number of carbonyl (C=O) groups is 1. The minimum absolute atomic E-state index is 0.0621. The van der Waals surface area contributed by atoms with Crippen LogP contribution in [0.4, 0.5) is 5.69 Å². The van der Waals surface area contributed by atoms with Gasteiger partial charge in [-0.1, -0.05) is 6.07 Å². The van der Waals surface area contributed by atoms with Crippen molar-refractivity contribution in [3.05, 3.63) is 45.4 Å². The van der Waals surface area contributed by atoms with Gasteiger partial charge in [-0.05, 0) is 31.5 Å². The summed E-state index contributed by atoms with van der Waals surface area (Å²) in [5, 5.41) is 14.8. The third-order valence-corrected chi connectivity index (χ3v) is 4.20. The van der Waals surface area contributed by atoms with Crippen molar-refractivity contribution in [2.24, 2.45) is 0 Å². The van der Waals surface area contributed by atoms with Gasteiger partial charge in [0.25, 0.3) is 5.91 Å². The molecule has 0 unspecified atom stereocenters. The van der Waals surface area contributed by atoms with Gasteiger partial charge in [0, 0.05) is 22.7 Å². The van der Waals surface area contributed by atoms with Gasteiger partial charge >= 0.3 is 0 Å². The number of nitrogens with zero attached hydrogens (tertiary/aromatic N) is 1. The molecule has 5 nitrogen and oxygen atoms in total. The van der Waals surface area contributed by atoms with Crippen molar-refractivity contribution in [2.75, 3.05) is 18.5 Å². The second-order valence-corrected chi connectivity index (χ2v) is 5.61. The quantitative estimate of drug-likeness (QED) is 0.764. The molecule has 6 heteroatoms. The monoisotopic (exact) mass is 305 g/mol. The van der Waals surface area contributed by atoms with Crippen LogP contribution in [0.5, 0.6) is 0 Å². The van der Waals surface area contributed by atoms with Crippen molar-refractivity contribution in [3.63, 3.8) is 0 Å². The molecular formula is C15H19N3O2S. The fourth-order valence-corrected chi connectivity index (χ4v) is 2.73. The van der Waals surface area contributed by atoms with Crippen molar-refractivity contribution >= 4 is 22.9 Å². The molecule has 0 atom stereocenters. The van der Waals surface area contributed by atoms with E-state index in [1.807, 2.05) is 31.5 Å². The zero-order valence-corrected chi connectivity index (χ0v) is 13.0. The SMILES string of the molecule is Cc1ncsc1CNc1cccc(C(=O)NCCO)c1C. The molecule has 0 aliphatic carbocycles. The number of aliphatic hydroxyl groups excluding tert-OH is 1. The second kappa shape index (κ2) is 7.19. The fraction of sp³-hybridized carbons (Fsp3) is 0.333. The van der Waals surface area contributed by atoms with E-state index in [0.29, 0.717) is 12.1 Å². The van der Waals surface area contributed by atoms with E-state index >= 15 is 0 Å². The molecule has 0 aliphatic heterocycles. The van der Waals surface area contributed by atoms with E-state index in [2.05, 4.69) is 15.6 Å². The largest absolute Gasteiger partial charge is 0.395 e. The highest BCUT2D eigenvalue weighted by Crippen LogP contribution is 2.21. The van der Waals surface area contributed by atoms with Gasteiger partial charge in [0.15, 0.2) is 0 Å². The van der Waals surface area contributed by atoms with Crippen molar-refractivity contribution in [1.29, 1.82) is 0 Å². The predicted molar refractivity (Wildman–Crippen MR) is 84.8 cm³/mol. The van der Waals surface area contributed by atoms with Gasteiger partial charge < -0.3 is 15.7 Å². The first kappa shape index (κ1) is 15.5. The molecule has 0 spiro atoms. The fourth-order valence-electron chi connectivity index (χ4n) is 2.01. The van der Waals surface area contributed by atoms with Gasteiger partial charge in [0.1, 0.15) is 0 Å². The lowest BCUT2D eigenvalue weighted by molar-refractivity contribution is 0.0944. The summed E-state index contributed by atoms with van der Waals surface area (Å²) in [7, 11) is 0. The molecule has 0 saturated carbocycles. The summed E-state index contributed by atoms with van der Waals surface area (Å²) in [5.41, 5.74) is 5.31. The number of hydrogen-bond donors (Lipinski definition) is 3. The molecular weight excluding hydrogens is 286 g/mol. The van der Waals surface area contributed by atoms with Crippen molar-refractivity contribution in [1.82, 2.24) is 10.3 Å². The number of aromatic nitrogens is 1. The van der Waals surface area contributed by atoms with Crippen LogP contribution in [-0.2, 0) is 6.54 Å². The van der Waals surface area contributed by atoms with Crippen molar-refractivity contribution in [2.45, 2.75) is 20.4 Å². The number of nitrogens with one attached hydrogen (secondary N) is 2. The number of anilines is 1. The number of aryl methyl sites for hydroxylation is 1. The number of thiazole rings is 1. The Bertz CT molecular complexity index is 625. The molecule has 1 amide bonds. The number of benzene rings is 1. The summed E-state index contributed by atoms with van der Waals surface area (Å²) < 4.78 is 0. The van der Waals surface area contributed by atoms with Gasteiger partial charge in [0.2, 0.25) is 0 Å². The molecule has 0 fully saturated rings. The maximum Gasteiger partial charge on any atom is 0.251 e. The Labute approximate surface area is 128 Å². The number of aliphatic hydroxyl groups is 1. The van der Waals surface area contributed by atoms with Crippen LogP contribution in [0.1, 0.15) is 26.5 Å². The normalized spacial score (nSPS) is 10.4. The van der Waals surface area contributed by atoms with Crippen LogP contribution < -0.4 is 10.6 Å². The average Bonchev–Trinajstić information content (AvgIpc) is 2.89. The highest BCUT2D eigenvalue weighted by Gasteiger charge is 2.11. The minimum Gasteiger partial charge on any atom is -0.395 e. The molecule has 0 saturated heterocycles. The van der Waals surface area contributed by atoms with E-state index in [-0.39, 0.29) is 19.1 Å². The molecule has 112 valence electrons. The number of hydrogen-bond acceptors (Lipinski definition) is 5. The van der Waals surface area contributed by atoms with E-state index in [9.17, 15) is 4.79 Å². The molecule has 1 heterocycles. The van der Waals surface area contributed by atoms with Gasteiger partial charge in [-0.3, -0.25) is 4.79 Å². The molecule has 1 aromatic heterocycles. The lowest BCUT2D eigenvalue weighted by Crippen LogP contribution is -2.27. The highest BCUT2D eigenvalue weighted by molar-refractivity contribution is 7.09. The summed E-state index contributed by atoms with van der Waals surface area (Å²) in [6.45, 7) is 4.79. The van der Waals surface area contributed by atoms with Gasteiger partial charge in [-0.15, -0.1) is 11.3 Å². The third kappa shape index (κ3) is 3.80. The Balaban J connectivity index is 2.10. The summed E-state index contributed by atoms with van der Waals surface area (Å²) in [6, 6.07) is 5.59. The number of amides is 1. The predicted octanol–water partition coefficient (Wildman–Crippen LogP) is 2.09. The van der Waals surface area contributed by atoms with E-state index in [4.69, 9.17) is 5.11 Å². The molecule has 21 heavy (non-hydrogen) atoms. The highest BCUT2D eigenvalue weighted by atomic mass is 32.1. The van der Waals surface area contributed by atoms with Crippen LogP contribution in [0, 0.1) is 13.8 Å². The van der Waals surface area contributed by atoms with Crippen LogP contribution in [0.3, 0.4) is 0 Å². The minimum atomic E-state index is -0.167. The standard InChI is InChI=1S/C15H19N3O2S/c1-10-12(15(20)16-6-7-19)4-3-5-13(10)17-8-14-11(2)18-9-21-14/h3-5,9,17,19H,6-8H2,1-2H3,(H,16,20). The number of carbonyl (C=O) groups excluding carboxylic acids is 1. The Morgan fingerprint density at radius 1 is 1.38 bits per heavy atom. The first-order valence-electron chi connectivity index (χ1n) is 6.75. The summed E-state index contributed by atoms with van der Waals surface area (Å²) in [4.78, 5) is 17.4. The van der Waals surface area contributed by atoms with Gasteiger partial charge in [-0.2, -0.15) is 0 Å². The van der Waals surface area contributed by atoms with E-state index in [1.165, 1.54) is 4.88 Å². The Hall–Kier alpha value is -1.92. The van der Waals surface area contributed by atoms with Crippen LogP contribution in [-0.4, -0.2) is 29.1 Å². The third-order valence-electron chi connectivity index (χ3n) is 3.26. The lowest BCUT2D eigenvalue weighted by atomic mass is 10.1. The molecule has 0 radical (unpaired) electrons. The Morgan fingerprint density at radius 3 is 2.86 bits per heavy atom. The maximum atomic E-state index is 12.0. The summed E-state index contributed by atoms with van der Waals surface area (Å²) in [6.07, 6.45) is 0. The zero-order valence-electron chi connectivity index (χ0n) is 12.1. The van der Waals surface area contributed by atoms with Gasteiger partial charge in [-0.25, -0.2) is 4.98 Å². The summed E-state index contributed by atoms with van der Waals surface area (Å²) >= 11 is 1.62. The Kier molecular flexibility index (Phi) is 5.30. The first-order chi connectivity index (χ1) is 10.1. The molecule has 1 aromatic carbocycles. The van der Waals surface area contributed by atoms with E-state index in [0.717, 1.165) is 16.9 Å². The first-order valence-corrected chi connectivity index (χ1v) is 7.63. The Morgan fingerprint density at radius 2 is 2.19 bits per heavy atom. The van der Waals surface area contributed by atoms with Crippen LogP contribution in [0.25, 0.3) is 0 Å². The zero-order chi connectivity index (χ0) is 15.2. The topological polar surface area (TPSA) is 74.2 Å². The van der Waals surface area contributed by atoms with E-state index in [1.54, 1.807) is 17.4 Å². The lowest BCUT2D eigenvalue weighted by Gasteiger charge is -2.13. The van der Waals surface area contributed by atoms with E-state index < -0.39 is 0 Å². The molecule has 0 aliphatic rings. The maximum absolute atomic E-state index is 12.0. The van der Waals surface area contributed by atoms with Crippen LogP contribution in [0.2, 0.25) is 0 Å². The molecule has 0 bridgehead atoms. The average molecular weight is 305 g/mol. The second-order valence-electron chi connectivity index (χ2n) is 4.67. The van der Waals surface area contributed by atoms with Gasteiger partial charge in [0.05, 0.1) is 24.4 Å². The molecule has 2 aromatic rings. The number of rotatable bonds is 6. The smallest absolute Gasteiger partial charge is 0.251 e. The van der Waals surface area contributed by atoms with Crippen molar-refractivity contribution < 1.29 is 9.90 Å². The van der Waals surface area contributed by atoms with Crippen molar-refractivity contribution in [3.8, 4) is 0 Å².